The van der Waals surface area contributed by atoms with Gasteiger partial charge in [-0.15, -0.1) is 0 Å². The molecule has 3 aromatic rings. The minimum absolute atomic E-state index is 0.214. The van der Waals surface area contributed by atoms with Crippen LogP contribution in [0.2, 0.25) is 0 Å². The lowest BCUT2D eigenvalue weighted by atomic mass is 10.0. The van der Waals surface area contributed by atoms with Crippen LogP contribution in [0.15, 0.2) is 48.5 Å². The highest BCUT2D eigenvalue weighted by Gasteiger charge is 2.15. The Morgan fingerprint density at radius 2 is 1.83 bits per heavy atom. The molecule has 0 bridgehead atoms. The molecular formula is C18H17N3O2. The Labute approximate surface area is 134 Å². The van der Waals surface area contributed by atoms with Crippen molar-refractivity contribution in [2.75, 3.05) is 14.2 Å². The number of nitrogens with zero attached hydrogens (tertiary/aromatic N) is 3. The molecule has 1 amide bonds. The summed E-state index contributed by atoms with van der Waals surface area (Å²) in [5.41, 5.74) is 3.16. The second-order valence-electron chi connectivity index (χ2n) is 5.20. The molecule has 0 aliphatic carbocycles. The average molecular weight is 307 g/mol. The van der Waals surface area contributed by atoms with Crippen LogP contribution in [0.25, 0.3) is 22.2 Å². The molecule has 0 radical (unpaired) electrons. The monoisotopic (exact) mass is 307 g/mol. The number of benzene rings is 2. The number of hydrogen-bond donors (Lipinski definition) is 0. The summed E-state index contributed by atoms with van der Waals surface area (Å²) in [6.45, 7) is 1.86. The zero-order chi connectivity index (χ0) is 16.4. The van der Waals surface area contributed by atoms with Crippen LogP contribution >= 0.6 is 0 Å². The zero-order valence-corrected chi connectivity index (χ0v) is 13.3. The average Bonchev–Trinajstić information content (AvgIpc) is 2.60. The van der Waals surface area contributed by atoms with Gasteiger partial charge in [0.05, 0.1) is 18.3 Å². The zero-order valence-electron chi connectivity index (χ0n) is 13.3. The van der Waals surface area contributed by atoms with E-state index >= 15 is 0 Å². The van der Waals surface area contributed by atoms with Crippen LogP contribution in [0, 0.1) is 6.92 Å². The molecule has 0 N–H and O–H groups in total. The van der Waals surface area contributed by atoms with E-state index in [1.807, 2.05) is 49.4 Å². The van der Waals surface area contributed by atoms with Crippen LogP contribution in [0.1, 0.15) is 16.2 Å². The summed E-state index contributed by atoms with van der Waals surface area (Å²) in [6.07, 6.45) is 0. The lowest BCUT2D eigenvalue weighted by Crippen LogP contribution is -2.25. The molecule has 3 rings (SSSR count). The Balaban J connectivity index is 2.21. The van der Waals surface area contributed by atoms with Gasteiger partial charge in [-0.05, 0) is 25.1 Å². The second-order valence-corrected chi connectivity index (χ2v) is 5.20. The molecule has 0 saturated heterocycles. The van der Waals surface area contributed by atoms with Crippen molar-refractivity contribution < 1.29 is 9.63 Å². The Morgan fingerprint density at radius 1 is 1.09 bits per heavy atom. The summed E-state index contributed by atoms with van der Waals surface area (Å²) in [5, 5.41) is 2.04. The van der Waals surface area contributed by atoms with E-state index < -0.39 is 0 Å². The number of carbonyl (C=O) groups excluding carboxylic acids is 1. The molecule has 23 heavy (non-hydrogen) atoms. The maximum Gasteiger partial charge on any atom is 0.277 e. The number of aromatic nitrogens is 2. The quantitative estimate of drug-likeness (QED) is 0.697. The fourth-order valence-corrected chi connectivity index (χ4v) is 2.46. The van der Waals surface area contributed by atoms with E-state index in [1.165, 1.54) is 12.2 Å². The summed E-state index contributed by atoms with van der Waals surface area (Å²) in [6, 6.07) is 15.3. The van der Waals surface area contributed by atoms with Gasteiger partial charge >= 0.3 is 0 Å². The molecule has 1 aromatic heterocycles. The molecule has 0 fully saturated rings. The first-order valence-electron chi connectivity index (χ1n) is 7.26. The van der Waals surface area contributed by atoms with E-state index in [2.05, 4.69) is 9.97 Å². The Morgan fingerprint density at radius 3 is 2.52 bits per heavy atom. The van der Waals surface area contributed by atoms with Crippen molar-refractivity contribution in [2.45, 2.75) is 6.92 Å². The Kier molecular flexibility index (Phi) is 4.04. The molecule has 0 aliphatic heterocycles. The summed E-state index contributed by atoms with van der Waals surface area (Å²) in [4.78, 5) is 26.3. The van der Waals surface area contributed by atoms with Crippen molar-refractivity contribution >= 4 is 16.8 Å². The van der Waals surface area contributed by atoms with Crippen molar-refractivity contribution in [3.8, 4) is 11.3 Å². The van der Waals surface area contributed by atoms with Crippen LogP contribution in [0.3, 0.4) is 0 Å². The van der Waals surface area contributed by atoms with Gasteiger partial charge in [0.2, 0.25) is 0 Å². The lowest BCUT2D eigenvalue weighted by molar-refractivity contribution is -0.0756. The van der Waals surface area contributed by atoms with Crippen molar-refractivity contribution in [3.05, 3.63) is 59.9 Å². The SMILES string of the molecule is CON(C)C(=O)c1ccc2nc(C)nc(-c3ccccc3)c2c1. The van der Waals surface area contributed by atoms with Crippen molar-refractivity contribution in [3.63, 3.8) is 0 Å². The first-order valence-corrected chi connectivity index (χ1v) is 7.26. The molecule has 1 heterocycles. The molecule has 5 heteroatoms. The number of carbonyl (C=O) groups is 1. The lowest BCUT2D eigenvalue weighted by Gasteiger charge is -2.14. The predicted octanol–water partition coefficient (Wildman–Crippen LogP) is 3.24. The highest BCUT2D eigenvalue weighted by Crippen LogP contribution is 2.27. The molecule has 0 aliphatic rings. The molecule has 0 atom stereocenters. The number of aryl methyl sites for hydroxylation is 1. The van der Waals surface area contributed by atoms with Gasteiger partial charge in [-0.25, -0.2) is 15.0 Å². The van der Waals surface area contributed by atoms with Gasteiger partial charge in [0.15, 0.2) is 0 Å². The number of hydrogen-bond acceptors (Lipinski definition) is 4. The first kappa shape index (κ1) is 15.1. The largest absolute Gasteiger partial charge is 0.277 e. The fourth-order valence-electron chi connectivity index (χ4n) is 2.46. The summed E-state index contributed by atoms with van der Waals surface area (Å²) >= 11 is 0. The van der Waals surface area contributed by atoms with Gasteiger partial charge < -0.3 is 0 Å². The standard InChI is InChI=1S/C18H17N3O2/c1-12-19-16-10-9-14(18(22)21(2)23-3)11-15(16)17(20-12)13-7-5-4-6-8-13/h4-11H,1-3H3. The van der Waals surface area contributed by atoms with Gasteiger partial charge in [-0.1, -0.05) is 30.3 Å². The van der Waals surface area contributed by atoms with E-state index in [-0.39, 0.29) is 5.91 Å². The topological polar surface area (TPSA) is 55.3 Å². The third-order valence-corrected chi connectivity index (χ3v) is 3.66. The van der Waals surface area contributed by atoms with Crippen LogP contribution in [-0.2, 0) is 4.84 Å². The normalized spacial score (nSPS) is 10.7. The Bertz CT molecular complexity index is 863. The summed E-state index contributed by atoms with van der Waals surface area (Å²) < 4.78 is 0. The smallest absolute Gasteiger partial charge is 0.274 e. The van der Waals surface area contributed by atoms with Crippen LogP contribution in [0.5, 0.6) is 0 Å². The van der Waals surface area contributed by atoms with Crippen LogP contribution in [0.4, 0.5) is 0 Å². The first-order chi connectivity index (χ1) is 11.1. The molecule has 0 saturated carbocycles. The maximum absolute atomic E-state index is 12.3. The Hall–Kier alpha value is -2.79. The van der Waals surface area contributed by atoms with Gasteiger partial charge in [-0.2, -0.15) is 0 Å². The van der Waals surface area contributed by atoms with E-state index in [9.17, 15) is 4.79 Å². The number of amides is 1. The van der Waals surface area contributed by atoms with E-state index in [1.54, 1.807) is 13.1 Å². The maximum atomic E-state index is 12.3. The number of hydroxylamine groups is 2. The van der Waals surface area contributed by atoms with Crippen LogP contribution < -0.4 is 0 Å². The minimum atomic E-state index is -0.214. The third kappa shape index (κ3) is 2.91. The number of fused-ring (bicyclic) bond motifs is 1. The van der Waals surface area contributed by atoms with Crippen molar-refractivity contribution in [2.24, 2.45) is 0 Å². The molecule has 0 unspecified atom stereocenters. The van der Waals surface area contributed by atoms with E-state index in [4.69, 9.17) is 4.84 Å². The van der Waals surface area contributed by atoms with Crippen molar-refractivity contribution in [1.29, 1.82) is 0 Å². The molecule has 2 aromatic carbocycles. The van der Waals surface area contributed by atoms with Gasteiger partial charge in [0, 0.05) is 23.6 Å². The molecular weight excluding hydrogens is 290 g/mol. The molecule has 5 nitrogen and oxygen atoms in total. The molecule has 116 valence electrons. The van der Waals surface area contributed by atoms with Gasteiger partial charge in [0.1, 0.15) is 5.82 Å². The van der Waals surface area contributed by atoms with Gasteiger partial charge in [0.25, 0.3) is 5.91 Å². The third-order valence-electron chi connectivity index (χ3n) is 3.66. The van der Waals surface area contributed by atoms with E-state index in [0.29, 0.717) is 11.4 Å². The van der Waals surface area contributed by atoms with E-state index in [0.717, 1.165) is 22.2 Å². The molecule has 0 spiro atoms. The number of rotatable bonds is 3. The predicted molar refractivity (Wildman–Crippen MR) is 88.8 cm³/mol. The highest BCUT2D eigenvalue weighted by molar-refractivity contribution is 6.00. The fraction of sp³-hybridized carbons (Fsp3) is 0.167. The minimum Gasteiger partial charge on any atom is -0.274 e. The van der Waals surface area contributed by atoms with Gasteiger partial charge in [-0.3, -0.25) is 9.63 Å². The summed E-state index contributed by atoms with van der Waals surface area (Å²) in [5.74, 6) is 0.485. The summed E-state index contributed by atoms with van der Waals surface area (Å²) in [7, 11) is 3.04. The second kappa shape index (κ2) is 6.14. The highest BCUT2D eigenvalue weighted by atomic mass is 16.7. The van der Waals surface area contributed by atoms with Crippen molar-refractivity contribution in [1.82, 2.24) is 15.0 Å². The van der Waals surface area contributed by atoms with Crippen LogP contribution in [-0.4, -0.2) is 35.1 Å².